The molecule has 0 saturated heterocycles. The summed E-state index contributed by atoms with van der Waals surface area (Å²) < 4.78 is 1.22. The molecule has 1 aliphatic rings. The Kier molecular flexibility index (Phi) is 2.14. The molecular formula is C6H6IN. The number of allylic oxidation sites excluding steroid dienone is 4. The van der Waals surface area contributed by atoms with Gasteiger partial charge < -0.3 is 5.32 Å². The topological polar surface area (TPSA) is 12.0 Å². The van der Waals surface area contributed by atoms with Gasteiger partial charge in [-0.2, -0.15) is 0 Å². The fraction of sp³-hybridized carbons (Fsp3) is 0. The van der Waals surface area contributed by atoms with Crippen LogP contribution in [-0.4, -0.2) is 0 Å². The van der Waals surface area contributed by atoms with Gasteiger partial charge in [0.05, 0.1) is 0 Å². The third-order valence-electron chi connectivity index (χ3n) is 0.780. The van der Waals surface area contributed by atoms with Gasteiger partial charge in [-0.25, -0.2) is 0 Å². The maximum Gasteiger partial charge on any atom is 0.0290 e. The molecule has 1 heterocycles. The van der Waals surface area contributed by atoms with Crippen LogP contribution in [0.2, 0.25) is 0 Å². The first kappa shape index (κ1) is 5.88. The monoisotopic (exact) mass is 219 g/mol. The zero-order valence-corrected chi connectivity index (χ0v) is 6.42. The second-order valence-corrected chi connectivity index (χ2v) is 2.66. The van der Waals surface area contributed by atoms with Crippen molar-refractivity contribution in [1.29, 1.82) is 0 Å². The van der Waals surface area contributed by atoms with Gasteiger partial charge in [-0.05, 0) is 34.7 Å². The first-order valence-electron chi connectivity index (χ1n) is 2.34. The van der Waals surface area contributed by atoms with E-state index in [0.29, 0.717) is 0 Å². The van der Waals surface area contributed by atoms with E-state index in [1.54, 1.807) is 0 Å². The van der Waals surface area contributed by atoms with Crippen molar-refractivity contribution in [3.05, 3.63) is 34.2 Å². The van der Waals surface area contributed by atoms with Crippen molar-refractivity contribution in [1.82, 2.24) is 5.32 Å². The summed E-state index contributed by atoms with van der Waals surface area (Å²) in [6, 6.07) is 0. The molecule has 0 aliphatic carbocycles. The van der Waals surface area contributed by atoms with Crippen LogP contribution in [0.4, 0.5) is 0 Å². The van der Waals surface area contributed by atoms with E-state index in [1.165, 1.54) is 3.58 Å². The molecule has 0 aromatic rings. The Morgan fingerprint density at radius 1 is 1.38 bits per heavy atom. The van der Waals surface area contributed by atoms with E-state index in [1.807, 2.05) is 30.6 Å². The lowest BCUT2D eigenvalue weighted by atomic mass is 10.5. The maximum atomic E-state index is 2.98. The minimum absolute atomic E-state index is 1.22. The van der Waals surface area contributed by atoms with Gasteiger partial charge >= 0.3 is 0 Å². The molecule has 0 radical (unpaired) electrons. The van der Waals surface area contributed by atoms with Gasteiger partial charge in [-0.1, -0.05) is 6.08 Å². The van der Waals surface area contributed by atoms with Gasteiger partial charge in [0.25, 0.3) is 0 Å². The van der Waals surface area contributed by atoms with Crippen molar-refractivity contribution < 1.29 is 0 Å². The molecule has 0 aromatic carbocycles. The molecule has 0 aromatic heterocycles. The molecule has 1 aliphatic heterocycles. The lowest BCUT2D eigenvalue weighted by Gasteiger charge is -1.84. The summed E-state index contributed by atoms with van der Waals surface area (Å²) >= 11 is 2.25. The van der Waals surface area contributed by atoms with Crippen LogP contribution in [0.3, 0.4) is 0 Å². The highest BCUT2D eigenvalue weighted by atomic mass is 127. The maximum absolute atomic E-state index is 2.98. The molecule has 0 saturated carbocycles. The van der Waals surface area contributed by atoms with Crippen LogP contribution in [-0.2, 0) is 0 Å². The SMILES string of the molecule is IC1=CNC=CC=C1. The van der Waals surface area contributed by atoms with Crippen LogP contribution in [0.25, 0.3) is 0 Å². The molecular weight excluding hydrogens is 213 g/mol. The molecule has 1 nitrogen and oxygen atoms in total. The standard InChI is InChI=1S/C6H6IN/c7-6-3-1-2-4-8-5-6/h1-5,8H. The van der Waals surface area contributed by atoms with Crippen LogP contribution in [0.1, 0.15) is 0 Å². The lowest BCUT2D eigenvalue weighted by Crippen LogP contribution is -1.89. The first-order chi connectivity index (χ1) is 3.89. The zero-order valence-electron chi connectivity index (χ0n) is 4.26. The second kappa shape index (κ2) is 2.91. The third kappa shape index (κ3) is 1.69. The Morgan fingerprint density at radius 3 is 3.12 bits per heavy atom. The highest BCUT2D eigenvalue weighted by molar-refractivity contribution is 14.1. The van der Waals surface area contributed by atoms with E-state index in [-0.39, 0.29) is 0 Å². The Morgan fingerprint density at radius 2 is 2.25 bits per heavy atom. The fourth-order valence-corrected chi connectivity index (χ4v) is 0.822. The minimum atomic E-state index is 1.22. The summed E-state index contributed by atoms with van der Waals surface area (Å²) in [5, 5.41) is 2.98. The summed E-state index contributed by atoms with van der Waals surface area (Å²) in [7, 11) is 0. The molecule has 0 atom stereocenters. The fourth-order valence-electron chi connectivity index (χ4n) is 0.434. The first-order valence-corrected chi connectivity index (χ1v) is 3.42. The second-order valence-electron chi connectivity index (χ2n) is 1.41. The largest absolute Gasteiger partial charge is 0.367 e. The average molecular weight is 219 g/mol. The van der Waals surface area contributed by atoms with Crippen molar-refractivity contribution in [3.8, 4) is 0 Å². The van der Waals surface area contributed by atoms with E-state index in [0.717, 1.165) is 0 Å². The van der Waals surface area contributed by atoms with Crippen LogP contribution in [0.15, 0.2) is 34.2 Å². The normalized spacial score (nSPS) is 16.9. The van der Waals surface area contributed by atoms with Gasteiger partial charge in [0.1, 0.15) is 0 Å². The predicted molar refractivity (Wildman–Crippen MR) is 43.5 cm³/mol. The lowest BCUT2D eigenvalue weighted by molar-refractivity contribution is 1.20. The van der Waals surface area contributed by atoms with Gasteiger partial charge in [-0.3, -0.25) is 0 Å². The molecule has 1 rings (SSSR count). The van der Waals surface area contributed by atoms with Crippen molar-refractivity contribution in [2.24, 2.45) is 0 Å². The summed E-state index contributed by atoms with van der Waals surface area (Å²) in [5.74, 6) is 0. The zero-order chi connectivity index (χ0) is 5.82. The summed E-state index contributed by atoms with van der Waals surface area (Å²) in [5.41, 5.74) is 0. The third-order valence-corrected chi connectivity index (χ3v) is 1.45. The molecule has 0 spiro atoms. The number of hydrogen-bond donors (Lipinski definition) is 1. The number of halogens is 1. The van der Waals surface area contributed by atoms with Gasteiger partial charge in [-0.15, -0.1) is 0 Å². The van der Waals surface area contributed by atoms with Gasteiger partial charge in [0.15, 0.2) is 0 Å². The van der Waals surface area contributed by atoms with Crippen LogP contribution >= 0.6 is 22.6 Å². The molecule has 0 bridgehead atoms. The van der Waals surface area contributed by atoms with Crippen molar-refractivity contribution in [3.63, 3.8) is 0 Å². The molecule has 2 heteroatoms. The molecule has 0 amide bonds. The Bertz CT molecular complexity index is 153. The Labute approximate surface area is 62.3 Å². The summed E-state index contributed by atoms with van der Waals surface area (Å²) in [4.78, 5) is 0. The number of rotatable bonds is 0. The predicted octanol–water partition coefficient (Wildman–Crippen LogP) is 1.94. The van der Waals surface area contributed by atoms with E-state index < -0.39 is 0 Å². The highest BCUT2D eigenvalue weighted by Crippen LogP contribution is 2.06. The minimum Gasteiger partial charge on any atom is -0.367 e. The van der Waals surface area contributed by atoms with Crippen LogP contribution < -0.4 is 5.32 Å². The summed E-state index contributed by atoms with van der Waals surface area (Å²) in [6.07, 6.45) is 9.83. The smallest absolute Gasteiger partial charge is 0.0290 e. The molecule has 8 heavy (non-hydrogen) atoms. The molecule has 0 fully saturated rings. The van der Waals surface area contributed by atoms with Crippen molar-refractivity contribution >= 4 is 22.6 Å². The number of nitrogens with one attached hydrogen (secondary N) is 1. The highest BCUT2D eigenvalue weighted by Gasteiger charge is 1.81. The van der Waals surface area contributed by atoms with E-state index in [4.69, 9.17) is 0 Å². The van der Waals surface area contributed by atoms with E-state index in [9.17, 15) is 0 Å². The molecule has 0 unspecified atom stereocenters. The van der Waals surface area contributed by atoms with Crippen molar-refractivity contribution in [2.45, 2.75) is 0 Å². The molecule has 42 valence electrons. The Hall–Kier alpha value is -0.250. The molecule has 1 N–H and O–H groups in total. The Balaban J connectivity index is 2.69. The van der Waals surface area contributed by atoms with Crippen LogP contribution in [0.5, 0.6) is 0 Å². The van der Waals surface area contributed by atoms with Gasteiger partial charge in [0.2, 0.25) is 0 Å². The van der Waals surface area contributed by atoms with Crippen LogP contribution in [0, 0.1) is 0 Å². The van der Waals surface area contributed by atoms with Crippen molar-refractivity contribution in [2.75, 3.05) is 0 Å². The number of hydrogen-bond acceptors (Lipinski definition) is 1. The average Bonchev–Trinajstić information content (AvgIpc) is 1.94. The van der Waals surface area contributed by atoms with Gasteiger partial charge in [0, 0.05) is 16.0 Å². The quantitative estimate of drug-likeness (QED) is 0.614. The summed E-state index contributed by atoms with van der Waals surface area (Å²) in [6.45, 7) is 0. The van der Waals surface area contributed by atoms with E-state index >= 15 is 0 Å². The van der Waals surface area contributed by atoms with E-state index in [2.05, 4.69) is 27.9 Å².